The van der Waals surface area contributed by atoms with Crippen molar-refractivity contribution >= 4 is 25.4 Å². The Morgan fingerprint density at radius 1 is 1.00 bits per heavy atom. The molecule has 90 valence electrons. The molecule has 0 saturated carbocycles. The topological polar surface area (TPSA) is 94.3 Å². The number of nitrogen functional groups attached to an aromatic ring is 1. The molecule has 0 bridgehead atoms. The van der Waals surface area contributed by atoms with Crippen molar-refractivity contribution in [3.8, 4) is 0 Å². The molecule has 0 aliphatic rings. The van der Waals surface area contributed by atoms with Gasteiger partial charge in [0.2, 0.25) is 0 Å². The third kappa shape index (κ3) is 3.82. The van der Waals surface area contributed by atoms with Gasteiger partial charge in [-0.1, -0.05) is 0 Å². The van der Waals surface area contributed by atoms with E-state index in [4.69, 9.17) is 5.73 Å². The molecular formula is C9H13NO4S2. The van der Waals surface area contributed by atoms with Gasteiger partial charge in [0.15, 0.2) is 9.84 Å². The van der Waals surface area contributed by atoms with Gasteiger partial charge in [-0.15, -0.1) is 0 Å². The Kier molecular flexibility index (Phi) is 3.59. The molecule has 0 heterocycles. The minimum Gasteiger partial charge on any atom is -0.399 e. The summed E-state index contributed by atoms with van der Waals surface area (Å²) in [5.74, 6) is -0.782. The van der Waals surface area contributed by atoms with Crippen molar-refractivity contribution in [3.63, 3.8) is 0 Å². The van der Waals surface area contributed by atoms with Gasteiger partial charge in [0.05, 0.1) is 16.4 Å². The molecule has 1 aromatic carbocycles. The highest BCUT2D eigenvalue weighted by molar-refractivity contribution is 7.94. The van der Waals surface area contributed by atoms with Crippen LogP contribution in [-0.4, -0.2) is 34.6 Å². The zero-order chi connectivity index (χ0) is 12.4. The van der Waals surface area contributed by atoms with Crippen LogP contribution in [0.4, 0.5) is 5.69 Å². The highest BCUT2D eigenvalue weighted by atomic mass is 32.2. The summed E-state index contributed by atoms with van der Waals surface area (Å²) >= 11 is 0. The van der Waals surface area contributed by atoms with Gasteiger partial charge in [-0.05, 0) is 24.3 Å². The Hall–Kier alpha value is -1.08. The zero-order valence-electron chi connectivity index (χ0n) is 8.75. The van der Waals surface area contributed by atoms with Crippen LogP contribution < -0.4 is 5.73 Å². The first-order valence-corrected chi connectivity index (χ1v) is 8.18. The van der Waals surface area contributed by atoms with Gasteiger partial charge in [-0.2, -0.15) is 0 Å². The van der Waals surface area contributed by atoms with E-state index in [0.717, 1.165) is 6.26 Å². The number of hydrogen-bond acceptors (Lipinski definition) is 5. The summed E-state index contributed by atoms with van der Waals surface area (Å²) < 4.78 is 45.1. The molecule has 0 atom stereocenters. The molecule has 0 unspecified atom stereocenters. The van der Waals surface area contributed by atoms with Crippen LogP contribution in [0.1, 0.15) is 0 Å². The number of benzene rings is 1. The Morgan fingerprint density at radius 3 is 1.94 bits per heavy atom. The first-order valence-electron chi connectivity index (χ1n) is 4.47. The van der Waals surface area contributed by atoms with Gasteiger partial charge < -0.3 is 5.73 Å². The maximum Gasteiger partial charge on any atom is 0.179 e. The highest BCUT2D eigenvalue weighted by Gasteiger charge is 2.16. The standard InChI is InChI=1S/C9H13NO4S2/c1-15(11,12)6-7-16(13,14)9-4-2-8(10)3-5-9/h2-5H,6-7,10H2,1H3. The van der Waals surface area contributed by atoms with Crippen molar-refractivity contribution in [2.45, 2.75) is 4.90 Å². The molecule has 0 saturated heterocycles. The van der Waals surface area contributed by atoms with Gasteiger partial charge in [0.25, 0.3) is 0 Å². The fourth-order valence-electron chi connectivity index (χ4n) is 1.05. The van der Waals surface area contributed by atoms with Crippen LogP contribution >= 0.6 is 0 Å². The van der Waals surface area contributed by atoms with Crippen molar-refractivity contribution < 1.29 is 16.8 Å². The SMILES string of the molecule is CS(=O)(=O)CCS(=O)(=O)c1ccc(N)cc1. The van der Waals surface area contributed by atoms with Crippen LogP contribution in [-0.2, 0) is 19.7 Å². The van der Waals surface area contributed by atoms with E-state index >= 15 is 0 Å². The normalized spacial score (nSPS) is 12.6. The fraction of sp³-hybridized carbons (Fsp3) is 0.333. The van der Waals surface area contributed by atoms with E-state index in [1.54, 1.807) is 0 Å². The minimum atomic E-state index is -3.54. The largest absolute Gasteiger partial charge is 0.399 e. The Morgan fingerprint density at radius 2 is 1.50 bits per heavy atom. The summed E-state index contributed by atoms with van der Waals surface area (Å²) in [5.41, 5.74) is 5.88. The molecule has 0 fully saturated rings. The maximum absolute atomic E-state index is 11.7. The third-order valence-electron chi connectivity index (χ3n) is 1.96. The molecule has 0 spiro atoms. The van der Waals surface area contributed by atoms with Crippen LogP contribution in [0.25, 0.3) is 0 Å². The molecule has 1 aromatic rings. The lowest BCUT2D eigenvalue weighted by atomic mass is 10.3. The van der Waals surface area contributed by atoms with E-state index < -0.39 is 25.4 Å². The molecule has 2 N–H and O–H groups in total. The van der Waals surface area contributed by atoms with Crippen LogP contribution in [0.5, 0.6) is 0 Å². The van der Waals surface area contributed by atoms with Gasteiger partial charge in [0.1, 0.15) is 9.84 Å². The molecule has 7 heteroatoms. The predicted octanol–water partition coefficient (Wildman–Crippen LogP) is 0.0871. The molecule has 0 amide bonds. The quantitative estimate of drug-likeness (QED) is 0.777. The number of hydrogen-bond donors (Lipinski definition) is 1. The monoisotopic (exact) mass is 263 g/mol. The lowest BCUT2D eigenvalue weighted by Crippen LogP contribution is -2.16. The van der Waals surface area contributed by atoms with Gasteiger partial charge in [-0.25, -0.2) is 16.8 Å². The minimum absolute atomic E-state index is 0.0883. The van der Waals surface area contributed by atoms with Crippen LogP contribution in [0.15, 0.2) is 29.2 Å². The predicted molar refractivity (Wildman–Crippen MR) is 62.6 cm³/mol. The van der Waals surface area contributed by atoms with Gasteiger partial charge in [0, 0.05) is 11.9 Å². The Balaban J connectivity index is 2.91. The smallest absolute Gasteiger partial charge is 0.179 e. The molecule has 5 nitrogen and oxygen atoms in total. The van der Waals surface area contributed by atoms with E-state index in [2.05, 4.69) is 0 Å². The summed E-state index contributed by atoms with van der Waals surface area (Å²) in [4.78, 5) is 0.0883. The van der Waals surface area contributed by atoms with Crippen LogP contribution in [0, 0.1) is 0 Å². The average molecular weight is 263 g/mol. The number of anilines is 1. The molecule has 0 radical (unpaired) electrons. The number of sulfone groups is 2. The molecule has 0 aliphatic heterocycles. The first-order chi connectivity index (χ1) is 7.21. The molecule has 1 rings (SSSR count). The van der Waals surface area contributed by atoms with Crippen LogP contribution in [0.2, 0.25) is 0 Å². The molecule has 0 aromatic heterocycles. The van der Waals surface area contributed by atoms with Gasteiger partial charge >= 0.3 is 0 Å². The second-order valence-corrected chi connectivity index (χ2v) is 7.89. The lowest BCUT2D eigenvalue weighted by Gasteiger charge is -2.03. The molecular weight excluding hydrogens is 250 g/mol. The van der Waals surface area contributed by atoms with Crippen molar-refractivity contribution in [2.24, 2.45) is 0 Å². The summed E-state index contributed by atoms with van der Waals surface area (Å²) in [6.45, 7) is 0. The fourth-order valence-corrected chi connectivity index (χ4v) is 3.93. The average Bonchev–Trinajstić information content (AvgIpc) is 2.15. The summed E-state index contributed by atoms with van der Waals surface area (Å²) in [5, 5.41) is 0. The van der Waals surface area contributed by atoms with E-state index in [9.17, 15) is 16.8 Å². The summed E-state index contributed by atoms with van der Waals surface area (Å²) in [6.07, 6.45) is 1.01. The van der Waals surface area contributed by atoms with E-state index in [-0.39, 0.29) is 10.6 Å². The highest BCUT2D eigenvalue weighted by Crippen LogP contribution is 2.13. The van der Waals surface area contributed by atoms with E-state index in [1.807, 2.05) is 0 Å². The zero-order valence-corrected chi connectivity index (χ0v) is 10.4. The van der Waals surface area contributed by atoms with Crippen molar-refractivity contribution in [2.75, 3.05) is 23.5 Å². The first kappa shape index (κ1) is 13.0. The van der Waals surface area contributed by atoms with Crippen molar-refractivity contribution in [3.05, 3.63) is 24.3 Å². The lowest BCUT2D eigenvalue weighted by molar-refractivity contribution is 0.590. The maximum atomic E-state index is 11.7. The Bertz CT molecular complexity index is 558. The third-order valence-corrected chi connectivity index (χ3v) is 4.90. The van der Waals surface area contributed by atoms with E-state index in [1.165, 1.54) is 24.3 Å². The number of nitrogens with two attached hydrogens (primary N) is 1. The number of rotatable bonds is 4. The van der Waals surface area contributed by atoms with Crippen molar-refractivity contribution in [1.82, 2.24) is 0 Å². The van der Waals surface area contributed by atoms with Gasteiger partial charge in [-0.3, -0.25) is 0 Å². The van der Waals surface area contributed by atoms with Crippen molar-refractivity contribution in [1.29, 1.82) is 0 Å². The summed E-state index contributed by atoms with van der Waals surface area (Å²) in [6, 6.07) is 5.67. The Labute approximate surface area is 95.1 Å². The second kappa shape index (κ2) is 4.42. The molecule has 0 aliphatic carbocycles. The summed E-state index contributed by atoms with van der Waals surface area (Å²) in [7, 11) is -6.82. The van der Waals surface area contributed by atoms with Crippen LogP contribution in [0.3, 0.4) is 0 Å². The molecule has 16 heavy (non-hydrogen) atoms. The van der Waals surface area contributed by atoms with E-state index in [0.29, 0.717) is 5.69 Å². The second-order valence-electron chi connectivity index (χ2n) is 3.52.